The van der Waals surface area contributed by atoms with Gasteiger partial charge in [-0.2, -0.15) is 0 Å². The number of nitrogens with zero attached hydrogens (tertiary/aromatic N) is 3. The Morgan fingerprint density at radius 1 is 0.971 bits per heavy atom. The van der Waals surface area contributed by atoms with E-state index in [1.807, 2.05) is 61.5 Å². The monoisotopic (exact) mass is 471 g/mol. The highest BCUT2D eigenvalue weighted by Crippen LogP contribution is 2.29. The Balaban J connectivity index is 1.50. The zero-order chi connectivity index (χ0) is 24.8. The summed E-state index contributed by atoms with van der Waals surface area (Å²) in [6.07, 6.45) is 2.33. The normalized spacial score (nSPS) is 10.8. The number of carbonyl (C=O) groups is 1. The summed E-state index contributed by atoms with van der Waals surface area (Å²) in [4.78, 5) is 32.5. The van der Waals surface area contributed by atoms with E-state index in [2.05, 4.69) is 4.98 Å². The fraction of sp³-hybridized carbons (Fsp3) is 0.250. The number of hydrogen-bond acceptors (Lipinski definition) is 5. The summed E-state index contributed by atoms with van der Waals surface area (Å²) in [7, 11) is 3.07. The molecule has 7 nitrogen and oxygen atoms in total. The zero-order valence-electron chi connectivity index (χ0n) is 20.2. The summed E-state index contributed by atoms with van der Waals surface area (Å²) < 4.78 is 12.2. The van der Waals surface area contributed by atoms with Gasteiger partial charge in [0.15, 0.2) is 11.5 Å². The highest BCUT2D eigenvalue weighted by molar-refractivity contribution is 5.93. The predicted molar refractivity (Wildman–Crippen MR) is 137 cm³/mol. The van der Waals surface area contributed by atoms with Crippen LogP contribution in [0, 0.1) is 6.92 Å². The molecule has 0 saturated heterocycles. The van der Waals surface area contributed by atoms with Crippen molar-refractivity contribution in [2.24, 2.45) is 0 Å². The van der Waals surface area contributed by atoms with E-state index in [1.165, 1.54) is 18.0 Å². The summed E-state index contributed by atoms with van der Waals surface area (Å²) in [5, 5.41) is 0.446. The lowest BCUT2D eigenvalue weighted by Crippen LogP contribution is -2.30. The molecule has 1 amide bonds. The van der Waals surface area contributed by atoms with Crippen molar-refractivity contribution in [1.82, 2.24) is 9.55 Å². The summed E-state index contributed by atoms with van der Waals surface area (Å²) >= 11 is 0. The van der Waals surface area contributed by atoms with Crippen LogP contribution in [0.3, 0.4) is 0 Å². The number of aromatic nitrogens is 2. The van der Waals surface area contributed by atoms with E-state index < -0.39 is 0 Å². The number of benzene rings is 3. The number of ether oxygens (including phenoxy) is 2. The van der Waals surface area contributed by atoms with Crippen LogP contribution >= 0.6 is 0 Å². The number of hydrogen-bond donors (Lipinski definition) is 0. The van der Waals surface area contributed by atoms with Crippen molar-refractivity contribution < 1.29 is 14.3 Å². The lowest BCUT2D eigenvalue weighted by molar-refractivity contribution is -0.118. The van der Waals surface area contributed by atoms with E-state index in [4.69, 9.17) is 9.47 Å². The van der Waals surface area contributed by atoms with E-state index >= 15 is 0 Å². The molecule has 0 saturated carbocycles. The van der Waals surface area contributed by atoms with Crippen molar-refractivity contribution >= 4 is 22.5 Å². The lowest BCUT2D eigenvalue weighted by atomic mass is 10.1. The Hall–Kier alpha value is -4.13. The summed E-state index contributed by atoms with van der Waals surface area (Å²) in [5.41, 5.74) is 3.41. The first-order chi connectivity index (χ1) is 17.0. The van der Waals surface area contributed by atoms with Crippen LogP contribution in [-0.4, -0.2) is 29.7 Å². The van der Waals surface area contributed by atoms with Gasteiger partial charge in [-0.3, -0.25) is 14.2 Å². The first-order valence-corrected chi connectivity index (χ1v) is 11.5. The minimum absolute atomic E-state index is 0.00547. The second kappa shape index (κ2) is 10.9. The van der Waals surface area contributed by atoms with E-state index in [1.54, 1.807) is 24.1 Å². The van der Waals surface area contributed by atoms with Crippen molar-refractivity contribution in [3.8, 4) is 11.5 Å². The van der Waals surface area contributed by atoms with Crippen LogP contribution in [0.25, 0.3) is 10.9 Å². The molecule has 0 aliphatic rings. The molecule has 7 heteroatoms. The van der Waals surface area contributed by atoms with Crippen LogP contribution in [0.15, 0.2) is 77.9 Å². The van der Waals surface area contributed by atoms with Gasteiger partial charge in [-0.1, -0.05) is 48.0 Å². The fourth-order valence-corrected chi connectivity index (χ4v) is 3.99. The highest BCUT2D eigenvalue weighted by atomic mass is 16.5. The molecule has 0 radical (unpaired) electrons. The summed E-state index contributed by atoms with van der Waals surface area (Å²) in [5.74, 6) is 0.997. The molecule has 0 atom stereocenters. The maximum Gasteiger partial charge on any atom is 0.261 e. The Morgan fingerprint density at radius 2 is 1.66 bits per heavy atom. The molecule has 0 N–H and O–H groups in total. The van der Waals surface area contributed by atoms with Crippen LogP contribution < -0.4 is 19.9 Å². The maximum absolute atomic E-state index is 13.3. The van der Waals surface area contributed by atoms with E-state index in [-0.39, 0.29) is 11.5 Å². The fourth-order valence-electron chi connectivity index (χ4n) is 3.99. The number of aryl methyl sites for hydroxylation is 2. The molecule has 0 spiro atoms. The molecule has 0 fully saturated rings. The standard InChI is InChI=1S/C28H29N3O4/c1-20-11-13-22(14-12-20)31(18-21-8-5-4-6-9-21)27(32)10-7-15-30-19-29-24-17-26(35-3)25(34-2)16-23(24)28(30)33/h4-6,8-9,11-14,16-17,19H,7,10,15,18H2,1-3H3. The molecule has 3 aromatic carbocycles. The quantitative estimate of drug-likeness (QED) is 0.353. The number of methoxy groups -OCH3 is 2. The molecule has 0 aliphatic carbocycles. The van der Waals surface area contributed by atoms with E-state index in [0.29, 0.717) is 48.3 Å². The maximum atomic E-state index is 13.3. The predicted octanol–water partition coefficient (Wildman–Crippen LogP) is 4.74. The van der Waals surface area contributed by atoms with Crippen molar-refractivity contribution in [2.75, 3.05) is 19.1 Å². The Morgan fingerprint density at radius 3 is 2.34 bits per heavy atom. The molecule has 4 aromatic rings. The molecule has 35 heavy (non-hydrogen) atoms. The third kappa shape index (κ3) is 5.51. The van der Waals surface area contributed by atoms with Crippen molar-refractivity contribution in [2.45, 2.75) is 32.9 Å². The zero-order valence-corrected chi connectivity index (χ0v) is 20.2. The van der Waals surface area contributed by atoms with Crippen LogP contribution in [0.4, 0.5) is 5.69 Å². The van der Waals surface area contributed by atoms with Crippen molar-refractivity contribution in [3.05, 3.63) is 94.5 Å². The van der Waals surface area contributed by atoms with E-state index in [9.17, 15) is 9.59 Å². The van der Waals surface area contributed by atoms with Gasteiger partial charge < -0.3 is 14.4 Å². The average Bonchev–Trinajstić information content (AvgIpc) is 2.89. The molecule has 0 bridgehead atoms. The molecule has 1 aromatic heterocycles. The van der Waals surface area contributed by atoms with E-state index in [0.717, 1.165) is 16.8 Å². The third-order valence-electron chi connectivity index (χ3n) is 5.95. The van der Waals surface area contributed by atoms with Gasteiger partial charge in [0.2, 0.25) is 5.91 Å². The largest absolute Gasteiger partial charge is 0.493 e. The highest BCUT2D eigenvalue weighted by Gasteiger charge is 2.17. The number of rotatable bonds is 9. The van der Waals surface area contributed by atoms with Crippen LogP contribution in [0.1, 0.15) is 24.0 Å². The van der Waals surface area contributed by atoms with Crippen LogP contribution in [-0.2, 0) is 17.9 Å². The van der Waals surface area contributed by atoms with Gasteiger partial charge in [0.1, 0.15) is 0 Å². The smallest absolute Gasteiger partial charge is 0.261 e. The van der Waals surface area contributed by atoms with Gasteiger partial charge in [0, 0.05) is 24.7 Å². The second-order valence-electron chi connectivity index (χ2n) is 8.37. The van der Waals surface area contributed by atoms with Gasteiger partial charge in [0.25, 0.3) is 5.56 Å². The van der Waals surface area contributed by atoms with Crippen molar-refractivity contribution in [1.29, 1.82) is 0 Å². The Bertz CT molecular complexity index is 1370. The minimum atomic E-state index is -0.178. The third-order valence-corrected chi connectivity index (χ3v) is 5.95. The molecule has 0 aliphatic heterocycles. The summed E-state index contributed by atoms with van der Waals surface area (Å²) in [6.45, 7) is 2.89. The SMILES string of the molecule is COc1cc2ncn(CCCC(=O)N(Cc3ccccc3)c3ccc(C)cc3)c(=O)c2cc1OC. The number of amides is 1. The molecule has 4 rings (SSSR count). The Kier molecular flexibility index (Phi) is 7.45. The van der Waals surface area contributed by atoms with Crippen molar-refractivity contribution in [3.63, 3.8) is 0 Å². The first-order valence-electron chi connectivity index (χ1n) is 11.5. The molecule has 0 unspecified atom stereocenters. The topological polar surface area (TPSA) is 73.7 Å². The first kappa shape index (κ1) is 24.0. The van der Waals surface area contributed by atoms with Gasteiger partial charge in [-0.05, 0) is 37.1 Å². The van der Waals surface area contributed by atoms with Gasteiger partial charge in [-0.15, -0.1) is 0 Å². The lowest BCUT2D eigenvalue weighted by Gasteiger charge is -2.23. The average molecular weight is 472 g/mol. The van der Waals surface area contributed by atoms with Gasteiger partial charge in [0.05, 0.1) is 38.0 Å². The number of carbonyl (C=O) groups excluding carboxylic acids is 1. The molecular weight excluding hydrogens is 442 g/mol. The van der Waals surface area contributed by atoms with Gasteiger partial charge >= 0.3 is 0 Å². The molecule has 1 heterocycles. The number of anilines is 1. The minimum Gasteiger partial charge on any atom is -0.493 e. The molecular formula is C28H29N3O4. The van der Waals surface area contributed by atoms with Crippen LogP contribution in [0.2, 0.25) is 0 Å². The summed E-state index contributed by atoms with van der Waals surface area (Å²) in [6, 6.07) is 21.2. The number of fused-ring (bicyclic) bond motifs is 1. The second-order valence-corrected chi connectivity index (χ2v) is 8.37. The van der Waals surface area contributed by atoms with Crippen LogP contribution in [0.5, 0.6) is 11.5 Å². The van der Waals surface area contributed by atoms with Gasteiger partial charge in [-0.25, -0.2) is 4.98 Å². The Labute approximate surface area is 204 Å². The molecule has 180 valence electrons.